The molecule has 4 heteroatoms. The quantitative estimate of drug-likeness (QED) is 0.912. The first-order valence-electron chi connectivity index (χ1n) is 6.16. The summed E-state index contributed by atoms with van der Waals surface area (Å²) in [6, 6.07) is 10.3. The van der Waals surface area contributed by atoms with Crippen LogP contribution in [0.1, 0.15) is 24.1 Å². The molecule has 1 N–H and O–H groups in total. The summed E-state index contributed by atoms with van der Waals surface area (Å²) in [5.41, 5.74) is 2.41. The zero-order chi connectivity index (χ0) is 13.7. The number of nitrogens with zero attached hydrogens (tertiary/aromatic N) is 1. The molecule has 0 spiro atoms. The van der Waals surface area contributed by atoms with Gasteiger partial charge in [0.1, 0.15) is 5.75 Å². The normalized spacial score (nSPS) is 12.2. The smallest absolute Gasteiger partial charge is 0.119 e. The number of pyridine rings is 1. The maximum Gasteiger partial charge on any atom is 0.119 e. The van der Waals surface area contributed by atoms with Gasteiger partial charge in [-0.15, -0.1) is 0 Å². The second-order valence-corrected chi connectivity index (χ2v) is 5.19. The minimum atomic E-state index is 0.279. The molecule has 1 aromatic carbocycles. The van der Waals surface area contributed by atoms with Crippen molar-refractivity contribution in [3.8, 4) is 5.75 Å². The predicted octanol–water partition coefficient (Wildman–Crippen LogP) is 3.70. The van der Waals surface area contributed by atoms with Crippen LogP contribution in [-0.4, -0.2) is 12.1 Å². The monoisotopic (exact) mass is 320 g/mol. The fraction of sp³-hybridized carbons (Fsp3) is 0.267. The minimum absolute atomic E-state index is 0.279. The summed E-state index contributed by atoms with van der Waals surface area (Å²) in [6.45, 7) is 2.92. The van der Waals surface area contributed by atoms with Gasteiger partial charge in [-0.1, -0.05) is 15.9 Å². The number of aromatic nitrogens is 1. The molecule has 3 nitrogen and oxygen atoms in total. The van der Waals surface area contributed by atoms with Crippen molar-refractivity contribution in [3.63, 3.8) is 0 Å². The second kappa shape index (κ2) is 6.68. The Morgan fingerprint density at radius 2 is 2.00 bits per heavy atom. The van der Waals surface area contributed by atoms with Crippen LogP contribution >= 0.6 is 15.9 Å². The molecule has 2 rings (SSSR count). The Morgan fingerprint density at radius 3 is 2.68 bits per heavy atom. The molecule has 0 aliphatic rings. The number of methoxy groups -OCH3 is 1. The van der Waals surface area contributed by atoms with E-state index in [2.05, 4.69) is 33.2 Å². The molecule has 100 valence electrons. The van der Waals surface area contributed by atoms with Gasteiger partial charge >= 0.3 is 0 Å². The molecule has 0 bridgehead atoms. The maximum absolute atomic E-state index is 5.24. The number of ether oxygens (including phenoxy) is 1. The van der Waals surface area contributed by atoms with Crippen LogP contribution < -0.4 is 10.1 Å². The van der Waals surface area contributed by atoms with Crippen molar-refractivity contribution >= 4 is 15.9 Å². The lowest BCUT2D eigenvalue weighted by Crippen LogP contribution is -2.18. The lowest BCUT2D eigenvalue weighted by molar-refractivity contribution is 0.413. The summed E-state index contributed by atoms with van der Waals surface area (Å²) in [6.07, 6.45) is 3.63. The van der Waals surface area contributed by atoms with Gasteiger partial charge in [0, 0.05) is 29.5 Å². The highest BCUT2D eigenvalue weighted by Gasteiger charge is 2.07. The lowest BCUT2D eigenvalue weighted by Gasteiger charge is -2.15. The van der Waals surface area contributed by atoms with Gasteiger partial charge in [0.15, 0.2) is 0 Å². The van der Waals surface area contributed by atoms with E-state index < -0.39 is 0 Å². The van der Waals surface area contributed by atoms with Crippen LogP contribution in [0.4, 0.5) is 0 Å². The van der Waals surface area contributed by atoms with Crippen molar-refractivity contribution in [2.75, 3.05) is 7.11 Å². The van der Waals surface area contributed by atoms with Crippen molar-refractivity contribution in [2.24, 2.45) is 0 Å². The van der Waals surface area contributed by atoms with E-state index in [4.69, 9.17) is 4.74 Å². The van der Waals surface area contributed by atoms with E-state index in [9.17, 15) is 0 Å². The van der Waals surface area contributed by atoms with Gasteiger partial charge < -0.3 is 10.1 Å². The molecular formula is C15H17BrN2O. The third kappa shape index (κ3) is 3.78. The van der Waals surface area contributed by atoms with Crippen LogP contribution in [0.3, 0.4) is 0 Å². The summed E-state index contributed by atoms with van der Waals surface area (Å²) in [7, 11) is 1.68. The summed E-state index contributed by atoms with van der Waals surface area (Å²) in [5.74, 6) is 0.872. The zero-order valence-corrected chi connectivity index (χ0v) is 12.6. The fourth-order valence-corrected chi connectivity index (χ4v) is 2.23. The summed E-state index contributed by atoms with van der Waals surface area (Å²) in [5, 5.41) is 3.49. The van der Waals surface area contributed by atoms with Gasteiger partial charge in [-0.25, -0.2) is 0 Å². The minimum Gasteiger partial charge on any atom is -0.497 e. The Balaban J connectivity index is 2.02. The first-order valence-corrected chi connectivity index (χ1v) is 6.95. The van der Waals surface area contributed by atoms with Gasteiger partial charge in [0.2, 0.25) is 0 Å². The maximum atomic E-state index is 5.24. The van der Waals surface area contributed by atoms with Crippen molar-refractivity contribution in [1.82, 2.24) is 10.3 Å². The van der Waals surface area contributed by atoms with E-state index in [1.807, 2.05) is 42.7 Å². The number of nitrogens with one attached hydrogen (secondary N) is 1. The van der Waals surface area contributed by atoms with Crippen molar-refractivity contribution in [3.05, 3.63) is 58.3 Å². The number of hydrogen-bond donors (Lipinski definition) is 1. The Bertz CT molecular complexity index is 531. The molecule has 19 heavy (non-hydrogen) atoms. The van der Waals surface area contributed by atoms with E-state index in [0.29, 0.717) is 0 Å². The molecular weight excluding hydrogens is 304 g/mol. The SMILES string of the molecule is COc1ccc(Br)c(CN[C@@H](C)c2ccncc2)c1. The average molecular weight is 321 g/mol. The Kier molecular flexibility index (Phi) is 4.93. The molecule has 1 heterocycles. The molecule has 1 aromatic heterocycles. The van der Waals surface area contributed by atoms with Crippen molar-refractivity contribution in [1.29, 1.82) is 0 Å². The van der Waals surface area contributed by atoms with E-state index >= 15 is 0 Å². The summed E-state index contributed by atoms with van der Waals surface area (Å²) < 4.78 is 6.33. The molecule has 0 radical (unpaired) electrons. The average Bonchev–Trinajstić information content (AvgIpc) is 2.47. The van der Waals surface area contributed by atoms with E-state index in [0.717, 1.165) is 16.8 Å². The second-order valence-electron chi connectivity index (χ2n) is 4.34. The van der Waals surface area contributed by atoms with Gasteiger partial charge in [0.05, 0.1) is 7.11 Å². The highest BCUT2D eigenvalue weighted by molar-refractivity contribution is 9.10. The molecule has 0 unspecified atom stereocenters. The van der Waals surface area contributed by atoms with Gasteiger partial charge in [-0.3, -0.25) is 4.98 Å². The van der Waals surface area contributed by atoms with Crippen LogP contribution in [-0.2, 0) is 6.54 Å². The predicted molar refractivity (Wildman–Crippen MR) is 80.2 cm³/mol. The number of benzene rings is 1. The van der Waals surface area contributed by atoms with Crippen molar-refractivity contribution in [2.45, 2.75) is 19.5 Å². The highest BCUT2D eigenvalue weighted by atomic mass is 79.9. The number of hydrogen-bond acceptors (Lipinski definition) is 3. The molecule has 1 atom stereocenters. The van der Waals surface area contributed by atoms with Gasteiger partial charge in [-0.05, 0) is 48.4 Å². The van der Waals surface area contributed by atoms with E-state index in [1.165, 1.54) is 11.1 Å². The first kappa shape index (κ1) is 14.0. The van der Waals surface area contributed by atoms with Crippen LogP contribution in [0.15, 0.2) is 47.2 Å². The standard InChI is InChI=1S/C15H17BrN2O/c1-11(12-5-7-17-8-6-12)18-10-13-9-14(19-2)3-4-15(13)16/h3-9,11,18H,10H2,1-2H3/t11-/m0/s1. The molecule has 0 saturated heterocycles. The molecule has 2 aromatic rings. The van der Waals surface area contributed by atoms with Gasteiger partial charge in [0.25, 0.3) is 0 Å². The van der Waals surface area contributed by atoms with E-state index in [1.54, 1.807) is 7.11 Å². The number of rotatable bonds is 5. The van der Waals surface area contributed by atoms with Crippen molar-refractivity contribution < 1.29 is 4.74 Å². The Hall–Kier alpha value is -1.39. The third-order valence-electron chi connectivity index (χ3n) is 3.06. The lowest BCUT2D eigenvalue weighted by atomic mass is 10.1. The molecule has 0 aliphatic heterocycles. The molecule has 0 aliphatic carbocycles. The van der Waals surface area contributed by atoms with Crippen LogP contribution in [0.5, 0.6) is 5.75 Å². The number of halogens is 1. The molecule has 0 fully saturated rings. The van der Waals surface area contributed by atoms with E-state index in [-0.39, 0.29) is 6.04 Å². The first-order chi connectivity index (χ1) is 9.20. The zero-order valence-electron chi connectivity index (χ0n) is 11.1. The highest BCUT2D eigenvalue weighted by Crippen LogP contribution is 2.23. The Morgan fingerprint density at radius 1 is 1.26 bits per heavy atom. The van der Waals surface area contributed by atoms with Crippen LogP contribution in [0.25, 0.3) is 0 Å². The fourth-order valence-electron chi connectivity index (χ4n) is 1.85. The van der Waals surface area contributed by atoms with Crippen LogP contribution in [0.2, 0.25) is 0 Å². The summed E-state index contributed by atoms with van der Waals surface area (Å²) >= 11 is 3.56. The third-order valence-corrected chi connectivity index (χ3v) is 3.83. The van der Waals surface area contributed by atoms with Gasteiger partial charge in [-0.2, -0.15) is 0 Å². The van der Waals surface area contributed by atoms with Crippen LogP contribution in [0, 0.1) is 0 Å². The topological polar surface area (TPSA) is 34.1 Å². The molecule has 0 amide bonds. The largest absolute Gasteiger partial charge is 0.497 e. The Labute approximate surface area is 122 Å². The molecule has 0 saturated carbocycles. The summed E-state index contributed by atoms with van der Waals surface area (Å²) in [4.78, 5) is 4.03.